The number of carbonyl (C=O) groups is 2. The second-order valence-corrected chi connectivity index (χ2v) is 11.4. The van der Waals surface area contributed by atoms with Gasteiger partial charge in [-0.25, -0.2) is 9.59 Å². The number of carboxylic acid groups (broad SMARTS) is 1. The zero-order valence-corrected chi connectivity index (χ0v) is 19.6. The summed E-state index contributed by atoms with van der Waals surface area (Å²) in [6, 6.07) is -0.343. The topological polar surface area (TPSA) is 101 Å². The lowest BCUT2D eigenvalue weighted by Gasteiger charge is -2.35. The summed E-state index contributed by atoms with van der Waals surface area (Å²) in [5.74, 6) is 0.107. The van der Waals surface area contributed by atoms with Crippen molar-refractivity contribution in [1.29, 1.82) is 0 Å². The lowest BCUT2D eigenvalue weighted by atomic mass is 10.0. The fourth-order valence-corrected chi connectivity index (χ4v) is 5.98. The molecule has 1 fully saturated rings. The first kappa shape index (κ1) is 22.4. The average molecular weight is 444 g/mol. The summed E-state index contributed by atoms with van der Waals surface area (Å²) in [6.07, 6.45) is -0.437. The number of nitrogens with zero attached hydrogens (tertiary/aromatic N) is 3. The zero-order valence-electron chi connectivity index (χ0n) is 17.9. The summed E-state index contributed by atoms with van der Waals surface area (Å²) < 4.78 is 11.5. The molecule has 3 atom stereocenters. The number of aliphatic carboxylic acids is 1. The molecule has 3 aliphatic heterocycles. The van der Waals surface area contributed by atoms with Crippen molar-refractivity contribution in [3.63, 3.8) is 0 Å². The van der Waals surface area contributed by atoms with Gasteiger partial charge in [0, 0.05) is 11.5 Å². The van der Waals surface area contributed by atoms with Crippen LogP contribution in [0.4, 0.5) is 4.79 Å². The number of aliphatic imine (C=N–C) groups is 2. The summed E-state index contributed by atoms with van der Waals surface area (Å²) in [5.41, 5.74) is -3.15. The molecular formula is C19H29N3O5S2. The third-order valence-electron chi connectivity index (χ3n) is 4.98. The third-order valence-corrected chi connectivity index (χ3v) is 7.86. The summed E-state index contributed by atoms with van der Waals surface area (Å²) in [5, 5.41) is 11.0. The molecule has 0 aliphatic carbocycles. The molecule has 0 aromatic heterocycles. The molecule has 0 unspecified atom stereocenters. The van der Waals surface area contributed by atoms with Gasteiger partial charge in [0.05, 0.1) is 16.7 Å². The van der Waals surface area contributed by atoms with Crippen molar-refractivity contribution in [3.8, 4) is 0 Å². The monoisotopic (exact) mass is 443 g/mol. The van der Waals surface area contributed by atoms with E-state index >= 15 is 0 Å². The van der Waals surface area contributed by atoms with Crippen molar-refractivity contribution in [2.45, 2.75) is 76.9 Å². The largest absolute Gasteiger partial charge is 0.479 e. The predicted molar refractivity (Wildman–Crippen MR) is 116 cm³/mol. The maximum absolute atomic E-state index is 12.9. The van der Waals surface area contributed by atoms with E-state index in [2.05, 4.69) is 4.99 Å². The Labute approximate surface area is 179 Å². The normalized spacial score (nSPS) is 34.2. The number of amides is 1. The van der Waals surface area contributed by atoms with E-state index in [9.17, 15) is 14.7 Å². The highest BCUT2D eigenvalue weighted by Gasteiger charge is 2.51. The predicted octanol–water partition coefficient (Wildman–Crippen LogP) is 3.25. The number of ether oxygens (including phenoxy) is 2. The third kappa shape index (κ3) is 4.29. The molecule has 1 amide bonds. The quantitative estimate of drug-likeness (QED) is 0.714. The number of carboxylic acids is 1. The molecule has 0 aromatic carbocycles. The Hall–Kier alpha value is -1.26. The van der Waals surface area contributed by atoms with Gasteiger partial charge in [-0.2, -0.15) is 0 Å². The van der Waals surface area contributed by atoms with E-state index in [4.69, 9.17) is 14.5 Å². The first-order valence-electron chi connectivity index (χ1n) is 9.52. The summed E-state index contributed by atoms with van der Waals surface area (Å²) in [4.78, 5) is 35.4. The first-order valence-corrected chi connectivity index (χ1v) is 11.5. The molecule has 0 bridgehead atoms. The summed E-state index contributed by atoms with van der Waals surface area (Å²) in [7, 11) is 0. The van der Waals surface area contributed by atoms with Crippen LogP contribution in [0.1, 0.15) is 48.5 Å². The zero-order chi connectivity index (χ0) is 21.8. The van der Waals surface area contributed by atoms with Crippen LogP contribution in [0.3, 0.4) is 0 Å². The van der Waals surface area contributed by atoms with Crippen molar-refractivity contribution >= 4 is 45.7 Å². The van der Waals surface area contributed by atoms with Gasteiger partial charge in [0.25, 0.3) is 0 Å². The van der Waals surface area contributed by atoms with Gasteiger partial charge < -0.3 is 14.6 Å². The van der Waals surface area contributed by atoms with Crippen LogP contribution < -0.4 is 0 Å². The molecule has 29 heavy (non-hydrogen) atoms. The van der Waals surface area contributed by atoms with Gasteiger partial charge in [0.15, 0.2) is 5.54 Å². The van der Waals surface area contributed by atoms with Crippen molar-refractivity contribution in [3.05, 3.63) is 0 Å². The Kier molecular flexibility index (Phi) is 5.54. The van der Waals surface area contributed by atoms with E-state index in [-0.39, 0.29) is 6.04 Å². The second kappa shape index (κ2) is 7.16. The molecule has 8 nitrogen and oxygen atoms in total. The van der Waals surface area contributed by atoms with Crippen molar-refractivity contribution < 1.29 is 24.2 Å². The molecule has 162 valence electrons. The molecule has 0 spiro atoms. The van der Waals surface area contributed by atoms with Crippen LogP contribution in [-0.4, -0.2) is 78.7 Å². The highest BCUT2D eigenvalue weighted by Crippen LogP contribution is 2.42. The van der Waals surface area contributed by atoms with Gasteiger partial charge in [0.1, 0.15) is 22.9 Å². The molecule has 0 aromatic rings. The van der Waals surface area contributed by atoms with E-state index in [1.807, 2.05) is 41.5 Å². The summed E-state index contributed by atoms with van der Waals surface area (Å²) in [6.45, 7) is 13.1. The number of rotatable bonds is 3. The lowest BCUT2D eigenvalue weighted by Crippen LogP contribution is -2.51. The Balaban J connectivity index is 1.87. The van der Waals surface area contributed by atoms with Crippen LogP contribution in [0.15, 0.2) is 9.98 Å². The maximum atomic E-state index is 12.9. The van der Waals surface area contributed by atoms with Crippen LogP contribution in [0.2, 0.25) is 0 Å². The Morgan fingerprint density at radius 2 is 1.83 bits per heavy atom. The molecule has 3 rings (SSSR count). The van der Waals surface area contributed by atoms with Crippen LogP contribution in [0, 0.1) is 0 Å². The Morgan fingerprint density at radius 3 is 2.38 bits per heavy atom. The minimum atomic E-state index is -1.12. The van der Waals surface area contributed by atoms with Crippen molar-refractivity contribution in [1.82, 2.24) is 4.90 Å². The molecule has 10 heteroatoms. The van der Waals surface area contributed by atoms with E-state index in [1.54, 1.807) is 23.6 Å². The van der Waals surface area contributed by atoms with Crippen LogP contribution >= 0.6 is 23.5 Å². The van der Waals surface area contributed by atoms with Crippen LogP contribution in [0.25, 0.3) is 0 Å². The molecule has 1 N–H and O–H groups in total. The Morgan fingerprint density at radius 1 is 1.17 bits per heavy atom. The molecule has 0 saturated carbocycles. The van der Waals surface area contributed by atoms with Gasteiger partial charge in [-0.3, -0.25) is 14.9 Å². The van der Waals surface area contributed by atoms with E-state index in [1.165, 1.54) is 11.8 Å². The van der Waals surface area contributed by atoms with Crippen LogP contribution in [0.5, 0.6) is 0 Å². The smallest absolute Gasteiger partial charge is 0.413 e. The number of hydrogen-bond acceptors (Lipinski definition) is 8. The highest BCUT2D eigenvalue weighted by atomic mass is 32.2. The number of thioether (sulfide) groups is 2. The first-order chi connectivity index (χ1) is 13.2. The lowest BCUT2D eigenvalue weighted by molar-refractivity contribution is -0.141. The Bertz CT molecular complexity index is 791. The molecule has 3 aliphatic rings. The van der Waals surface area contributed by atoms with E-state index in [0.29, 0.717) is 18.1 Å². The standard InChI is InChI=1S/C19H29N3O5S2/c1-16(2,3)27-15(25)22-11(8-26-17(22,4)5)12-20-18(6,9-28-12)13-21-19(7,10-29-13)14(23)24/h11H,8-10H2,1-7H3,(H,23,24)/t11-,18-,19-/m1/s1. The summed E-state index contributed by atoms with van der Waals surface area (Å²) >= 11 is 3.01. The fourth-order valence-electron chi connectivity index (χ4n) is 3.33. The van der Waals surface area contributed by atoms with Gasteiger partial charge in [-0.05, 0) is 48.5 Å². The van der Waals surface area contributed by atoms with Gasteiger partial charge in [-0.15, -0.1) is 23.5 Å². The minimum absolute atomic E-state index is 0.334. The van der Waals surface area contributed by atoms with Crippen LogP contribution in [-0.2, 0) is 14.3 Å². The second-order valence-electron chi connectivity index (χ2n) is 9.42. The van der Waals surface area contributed by atoms with Gasteiger partial charge in [0.2, 0.25) is 0 Å². The van der Waals surface area contributed by atoms with Crippen molar-refractivity contribution in [2.75, 3.05) is 18.1 Å². The highest BCUT2D eigenvalue weighted by molar-refractivity contribution is 8.16. The van der Waals surface area contributed by atoms with E-state index < -0.39 is 34.5 Å². The fraction of sp³-hybridized carbons (Fsp3) is 0.789. The molecule has 0 radical (unpaired) electrons. The minimum Gasteiger partial charge on any atom is -0.479 e. The molecule has 1 saturated heterocycles. The molecule has 3 heterocycles. The number of carbonyl (C=O) groups excluding carboxylic acids is 1. The average Bonchev–Trinajstić information content (AvgIpc) is 3.22. The van der Waals surface area contributed by atoms with E-state index in [0.717, 1.165) is 10.1 Å². The SMILES string of the molecule is CC(C)(C)OC(=O)N1[C@@H](C2=N[C@@](C)(C3=N[C@@](C)(C(=O)O)CS3)CS2)COC1(C)C. The van der Waals surface area contributed by atoms with Gasteiger partial charge in [-0.1, -0.05) is 0 Å². The molecular weight excluding hydrogens is 414 g/mol. The number of hydrogen-bond donors (Lipinski definition) is 1. The maximum Gasteiger partial charge on any atom is 0.413 e. The van der Waals surface area contributed by atoms with Gasteiger partial charge >= 0.3 is 12.1 Å². The van der Waals surface area contributed by atoms with Crippen molar-refractivity contribution in [2.24, 2.45) is 9.98 Å².